The fraction of sp³-hybridized carbons (Fsp3) is 0.250. The second-order valence-corrected chi connectivity index (χ2v) is 8.07. The van der Waals surface area contributed by atoms with E-state index in [0.29, 0.717) is 16.7 Å². The van der Waals surface area contributed by atoms with E-state index in [9.17, 15) is 9.59 Å². The van der Waals surface area contributed by atoms with Crippen LogP contribution in [0, 0.1) is 12.3 Å². The van der Waals surface area contributed by atoms with E-state index in [1.165, 1.54) is 10.5 Å². The van der Waals surface area contributed by atoms with Gasteiger partial charge in [0.05, 0.1) is 17.0 Å². The monoisotopic (exact) mass is 415 g/mol. The first-order valence-corrected chi connectivity index (χ1v) is 10.3. The van der Waals surface area contributed by atoms with Crippen LogP contribution >= 0.6 is 0 Å². The molecule has 0 aliphatic rings. The largest absolute Gasteiger partial charge is 0.345 e. The number of rotatable bonds is 4. The number of fused-ring (bicyclic) bond motifs is 2. The standard InChI is InChI=1S/C24H25N5O2/c1-14(2)29-21(25)18(23(30)26-16(4)17-8-6-5-7-9-17)12-19-22(29)27-20-11-10-15(3)13-28(20)24(19)31/h5-14,16,25H,1-4H3,(H,26,30)/t16-/m0/s1. The third-order valence-corrected chi connectivity index (χ3v) is 5.41. The number of aryl methyl sites for hydroxylation is 1. The van der Waals surface area contributed by atoms with Crippen LogP contribution in [0.2, 0.25) is 0 Å². The molecule has 3 aromatic heterocycles. The van der Waals surface area contributed by atoms with Gasteiger partial charge in [0.25, 0.3) is 11.5 Å². The second kappa shape index (κ2) is 7.83. The SMILES string of the molecule is Cc1ccc2nc3c(cc(C(=O)N[C@@H](C)c4ccccc4)c(=N)n3C(C)C)c(=O)n2c1. The highest BCUT2D eigenvalue weighted by molar-refractivity contribution is 5.97. The average Bonchev–Trinajstić information content (AvgIpc) is 2.74. The van der Waals surface area contributed by atoms with E-state index in [-0.39, 0.29) is 28.7 Å². The minimum atomic E-state index is -0.397. The van der Waals surface area contributed by atoms with Gasteiger partial charge in [0, 0.05) is 12.2 Å². The maximum atomic E-state index is 13.3. The summed E-state index contributed by atoms with van der Waals surface area (Å²) in [6, 6.07) is 14.4. The van der Waals surface area contributed by atoms with Crippen molar-refractivity contribution in [3.8, 4) is 0 Å². The lowest BCUT2D eigenvalue weighted by Crippen LogP contribution is -2.36. The molecule has 1 amide bonds. The van der Waals surface area contributed by atoms with Crippen LogP contribution in [0.4, 0.5) is 0 Å². The van der Waals surface area contributed by atoms with Crippen molar-refractivity contribution in [3.05, 3.63) is 87.3 Å². The molecule has 0 saturated heterocycles. The van der Waals surface area contributed by atoms with E-state index in [1.807, 2.05) is 64.1 Å². The van der Waals surface area contributed by atoms with E-state index in [2.05, 4.69) is 10.3 Å². The van der Waals surface area contributed by atoms with Gasteiger partial charge in [0.1, 0.15) is 16.8 Å². The topological polar surface area (TPSA) is 92.2 Å². The number of carbonyl (C=O) groups is 1. The fourth-order valence-electron chi connectivity index (χ4n) is 3.78. The quantitative estimate of drug-likeness (QED) is 0.500. The van der Waals surface area contributed by atoms with Crippen molar-refractivity contribution in [2.45, 2.75) is 39.8 Å². The van der Waals surface area contributed by atoms with Gasteiger partial charge in [-0.1, -0.05) is 36.4 Å². The molecule has 2 N–H and O–H groups in total. The Hall–Kier alpha value is -3.74. The molecule has 0 unspecified atom stereocenters. The van der Waals surface area contributed by atoms with E-state index in [0.717, 1.165) is 11.1 Å². The van der Waals surface area contributed by atoms with E-state index in [4.69, 9.17) is 5.41 Å². The highest BCUT2D eigenvalue weighted by Gasteiger charge is 2.20. The maximum Gasteiger partial charge on any atom is 0.267 e. The zero-order chi connectivity index (χ0) is 22.3. The summed E-state index contributed by atoms with van der Waals surface area (Å²) < 4.78 is 3.12. The van der Waals surface area contributed by atoms with Crippen molar-refractivity contribution < 1.29 is 4.79 Å². The summed E-state index contributed by atoms with van der Waals surface area (Å²) in [5, 5.41) is 12.0. The Morgan fingerprint density at radius 1 is 1.10 bits per heavy atom. The van der Waals surface area contributed by atoms with Crippen molar-refractivity contribution in [3.63, 3.8) is 0 Å². The zero-order valence-corrected chi connectivity index (χ0v) is 18.0. The fourth-order valence-corrected chi connectivity index (χ4v) is 3.78. The summed E-state index contributed by atoms with van der Waals surface area (Å²) in [6.07, 6.45) is 1.73. The number of carbonyl (C=O) groups excluding carboxylic acids is 1. The minimum Gasteiger partial charge on any atom is -0.345 e. The Kier molecular flexibility index (Phi) is 5.19. The maximum absolute atomic E-state index is 13.3. The van der Waals surface area contributed by atoms with E-state index >= 15 is 0 Å². The molecule has 7 nitrogen and oxygen atoms in total. The first-order valence-electron chi connectivity index (χ1n) is 10.3. The Morgan fingerprint density at radius 3 is 2.48 bits per heavy atom. The summed E-state index contributed by atoms with van der Waals surface area (Å²) >= 11 is 0. The molecule has 0 saturated carbocycles. The smallest absolute Gasteiger partial charge is 0.267 e. The van der Waals surface area contributed by atoms with Gasteiger partial charge in [-0.15, -0.1) is 0 Å². The summed E-state index contributed by atoms with van der Waals surface area (Å²) in [5.41, 5.74) is 2.72. The van der Waals surface area contributed by atoms with E-state index < -0.39 is 5.91 Å². The van der Waals surface area contributed by atoms with Crippen molar-refractivity contribution in [1.82, 2.24) is 19.3 Å². The molecule has 0 bridgehead atoms. The van der Waals surface area contributed by atoms with Crippen LogP contribution in [0.5, 0.6) is 0 Å². The summed E-state index contributed by atoms with van der Waals surface area (Å²) in [7, 11) is 0. The molecule has 0 aliphatic carbocycles. The van der Waals surface area contributed by atoms with Crippen LogP contribution in [-0.2, 0) is 0 Å². The molecule has 3 heterocycles. The van der Waals surface area contributed by atoms with Gasteiger partial charge in [-0.25, -0.2) is 4.98 Å². The number of nitrogens with one attached hydrogen (secondary N) is 2. The van der Waals surface area contributed by atoms with Gasteiger partial charge >= 0.3 is 0 Å². The molecule has 0 aliphatic heterocycles. The number of benzene rings is 1. The van der Waals surface area contributed by atoms with Crippen molar-refractivity contribution >= 4 is 22.6 Å². The molecule has 4 aromatic rings. The number of amides is 1. The highest BCUT2D eigenvalue weighted by atomic mass is 16.2. The minimum absolute atomic E-state index is 0.0311. The number of pyridine rings is 2. The molecule has 0 spiro atoms. The molecular weight excluding hydrogens is 390 g/mol. The molecular formula is C24H25N5O2. The summed E-state index contributed by atoms with van der Waals surface area (Å²) in [4.78, 5) is 31.0. The van der Waals surface area contributed by atoms with Crippen LogP contribution in [0.1, 0.15) is 54.3 Å². The normalized spacial score (nSPS) is 12.4. The van der Waals surface area contributed by atoms with Gasteiger partial charge in [-0.05, 0) is 51.0 Å². The van der Waals surface area contributed by atoms with Gasteiger partial charge in [-0.3, -0.25) is 19.4 Å². The number of aromatic nitrogens is 3. The lowest BCUT2D eigenvalue weighted by atomic mass is 10.1. The summed E-state index contributed by atoms with van der Waals surface area (Å²) in [6.45, 7) is 7.61. The highest BCUT2D eigenvalue weighted by Crippen LogP contribution is 2.16. The van der Waals surface area contributed by atoms with Crippen LogP contribution in [0.15, 0.2) is 59.5 Å². The molecule has 1 aromatic carbocycles. The molecule has 1 atom stereocenters. The molecule has 7 heteroatoms. The third-order valence-electron chi connectivity index (χ3n) is 5.41. The Bertz CT molecular complexity index is 1420. The van der Waals surface area contributed by atoms with Crippen molar-refractivity contribution in [1.29, 1.82) is 5.41 Å². The van der Waals surface area contributed by atoms with Crippen LogP contribution in [-0.4, -0.2) is 19.9 Å². The average molecular weight is 415 g/mol. The molecule has 0 fully saturated rings. The lowest BCUT2D eigenvalue weighted by Gasteiger charge is -2.19. The van der Waals surface area contributed by atoms with Gasteiger partial charge in [-0.2, -0.15) is 0 Å². The number of hydrogen-bond acceptors (Lipinski definition) is 4. The molecule has 0 radical (unpaired) electrons. The Morgan fingerprint density at radius 2 is 1.81 bits per heavy atom. The van der Waals surface area contributed by atoms with Gasteiger partial charge in [0.2, 0.25) is 0 Å². The number of hydrogen-bond donors (Lipinski definition) is 2. The van der Waals surface area contributed by atoms with Crippen LogP contribution in [0.3, 0.4) is 0 Å². The number of nitrogens with zero attached hydrogens (tertiary/aromatic N) is 3. The van der Waals surface area contributed by atoms with Crippen LogP contribution < -0.4 is 16.4 Å². The Balaban J connectivity index is 1.91. The third kappa shape index (κ3) is 3.63. The Labute approximate surface area is 179 Å². The first kappa shape index (κ1) is 20.5. The summed E-state index contributed by atoms with van der Waals surface area (Å²) in [5.74, 6) is -0.397. The zero-order valence-electron chi connectivity index (χ0n) is 18.0. The van der Waals surface area contributed by atoms with Gasteiger partial charge < -0.3 is 9.88 Å². The second-order valence-electron chi connectivity index (χ2n) is 8.07. The predicted molar refractivity (Wildman–Crippen MR) is 120 cm³/mol. The molecule has 158 valence electrons. The molecule has 31 heavy (non-hydrogen) atoms. The molecule has 4 rings (SSSR count). The van der Waals surface area contributed by atoms with Gasteiger partial charge in [0.15, 0.2) is 0 Å². The predicted octanol–water partition coefficient (Wildman–Crippen LogP) is 3.51. The van der Waals surface area contributed by atoms with E-state index in [1.54, 1.807) is 16.8 Å². The first-order chi connectivity index (χ1) is 14.8. The lowest BCUT2D eigenvalue weighted by molar-refractivity contribution is 0.0937. The van der Waals surface area contributed by atoms with Crippen molar-refractivity contribution in [2.75, 3.05) is 0 Å². The van der Waals surface area contributed by atoms with Crippen LogP contribution in [0.25, 0.3) is 16.7 Å². The van der Waals surface area contributed by atoms with Crippen molar-refractivity contribution in [2.24, 2.45) is 0 Å².